The van der Waals surface area contributed by atoms with Crippen LogP contribution in [0.4, 0.5) is 11.5 Å². The molecule has 29 heavy (non-hydrogen) atoms. The summed E-state index contributed by atoms with van der Waals surface area (Å²) in [5, 5.41) is 6.65. The van der Waals surface area contributed by atoms with E-state index in [1.54, 1.807) is 12.3 Å². The fourth-order valence-corrected chi connectivity index (χ4v) is 3.19. The molecule has 4 aromatic rings. The highest BCUT2D eigenvalue weighted by atomic mass is 35.5. The van der Waals surface area contributed by atoms with Crippen molar-refractivity contribution in [3.05, 3.63) is 76.8 Å². The summed E-state index contributed by atoms with van der Waals surface area (Å²) in [6.45, 7) is 4.01. The minimum absolute atomic E-state index is 0.0364. The fourth-order valence-electron chi connectivity index (χ4n) is 3.01. The van der Waals surface area contributed by atoms with Gasteiger partial charge in [0.2, 0.25) is 0 Å². The molecule has 3 heterocycles. The zero-order valence-corrected chi connectivity index (χ0v) is 16.7. The Morgan fingerprint density at radius 2 is 2.07 bits per heavy atom. The van der Waals surface area contributed by atoms with Gasteiger partial charge in [0.1, 0.15) is 11.3 Å². The number of hydrogen-bond acceptors (Lipinski definition) is 5. The van der Waals surface area contributed by atoms with Crippen molar-refractivity contribution in [2.45, 2.75) is 19.9 Å². The number of rotatable bonds is 5. The molecule has 0 saturated heterocycles. The van der Waals surface area contributed by atoms with E-state index in [4.69, 9.17) is 11.6 Å². The van der Waals surface area contributed by atoms with Crippen LogP contribution in [0.5, 0.6) is 0 Å². The second-order valence-electron chi connectivity index (χ2n) is 6.76. The number of benzene rings is 1. The molecular weight excluding hydrogens is 388 g/mol. The Labute approximate surface area is 172 Å². The van der Waals surface area contributed by atoms with E-state index in [-0.39, 0.29) is 11.9 Å². The molecule has 0 aliphatic carbocycles. The van der Waals surface area contributed by atoms with Gasteiger partial charge in [-0.3, -0.25) is 9.78 Å². The predicted molar refractivity (Wildman–Crippen MR) is 114 cm³/mol. The number of nitrogens with one attached hydrogen (secondary N) is 3. The van der Waals surface area contributed by atoms with E-state index in [1.807, 2.05) is 44.3 Å². The number of halogens is 1. The summed E-state index contributed by atoms with van der Waals surface area (Å²) < 4.78 is 0. The molecule has 0 bridgehead atoms. The van der Waals surface area contributed by atoms with Crippen LogP contribution in [0.25, 0.3) is 11.2 Å². The Bertz CT molecular complexity index is 1190. The molecule has 1 aromatic carbocycles. The van der Waals surface area contributed by atoms with E-state index >= 15 is 0 Å². The van der Waals surface area contributed by atoms with Crippen LogP contribution in [0.15, 0.2) is 55.1 Å². The number of hydrogen-bond donors (Lipinski definition) is 3. The van der Waals surface area contributed by atoms with Crippen molar-refractivity contribution in [2.24, 2.45) is 0 Å². The van der Waals surface area contributed by atoms with Gasteiger partial charge in [-0.15, -0.1) is 0 Å². The summed E-state index contributed by atoms with van der Waals surface area (Å²) in [6, 6.07) is 9.18. The number of aryl methyl sites for hydroxylation is 1. The first kappa shape index (κ1) is 18.9. The predicted octanol–water partition coefficient (Wildman–Crippen LogP) is 4.74. The highest BCUT2D eigenvalue weighted by Crippen LogP contribution is 2.23. The SMILES string of the molecule is Cc1c[nH]c2ncc(N[C@@H](C)c3cccc(NC(=O)c4cncc(Cl)c4)c3)nc12. The third-order valence-corrected chi connectivity index (χ3v) is 4.75. The van der Waals surface area contributed by atoms with Gasteiger partial charge in [0, 0.05) is 24.3 Å². The molecule has 4 rings (SSSR count). The first-order chi connectivity index (χ1) is 14.0. The maximum Gasteiger partial charge on any atom is 0.257 e. The second-order valence-corrected chi connectivity index (χ2v) is 7.20. The van der Waals surface area contributed by atoms with Crippen LogP contribution in [-0.4, -0.2) is 25.8 Å². The Balaban J connectivity index is 1.49. The number of carbonyl (C=O) groups excluding carboxylic acids is 1. The number of H-pyrrole nitrogens is 1. The lowest BCUT2D eigenvalue weighted by atomic mass is 10.1. The monoisotopic (exact) mass is 406 g/mol. The smallest absolute Gasteiger partial charge is 0.257 e. The summed E-state index contributed by atoms with van der Waals surface area (Å²) in [5.41, 5.74) is 4.74. The number of amides is 1. The van der Waals surface area contributed by atoms with Gasteiger partial charge in [-0.1, -0.05) is 23.7 Å². The molecule has 0 saturated carbocycles. The maximum absolute atomic E-state index is 12.4. The zero-order valence-electron chi connectivity index (χ0n) is 15.9. The van der Waals surface area contributed by atoms with Crippen molar-refractivity contribution in [1.29, 1.82) is 0 Å². The number of pyridine rings is 1. The van der Waals surface area contributed by atoms with Gasteiger partial charge in [-0.2, -0.15) is 0 Å². The summed E-state index contributed by atoms with van der Waals surface area (Å²) in [4.78, 5) is 28.5. The van der Waals surface area contributed by atoms with Crippen LogP contribution in [0.1, 0.15) is 34.5 Å². The van der Waals surface area contributed by atoms with Crippen molar-refractivity contribution in [3.63, 3.8) is 0 Å². The molecule has 0 radical (unpaired) electrons. The quantitative estimate of drug-likeness (QED) is 0.445. The van der Waals surface area contributed by atoms with E-state index in [1.165, 1.54) is 12.4 Å². The van der Waals surface area contributed by atoms with Crippen LogP contribution in [0, 0.1) is 6.92 Å². The van der Waals surface area contributed by atoms with Crippen molar-refractivity contribution >= 4 is 40.2 Å². The van der Waals surface area contributed by atoms with Gasteiger partial charge in [-0.05, 0) is 43.2 Å². The number of anilines is 2. The number of aromatic amines is 1. The summed E-state index contributed by atoms with van der Waals surface area (Å²) in [5.74, 6) is 0.421. The Kier molecular flexibility index (Phi) is 5.14. The lowest BCUT2D eigenvalue weighted by molar-refractivity contribution is 0.102. The minimum Gasteiger partial charge on any atom is -0.362 e. The van der Waals surface area contributed by atoms with E-state index in [0.29, 0.717) is 22.1 Å². The Hall–Kier alpha value is -3.45. The number of fused-ring (bicyclic) bond motifs is 1. The summed E-state index contributed by atoms with van der Waals surface area (Å²) in [6.07, 6.45) is 6.56. The Morgan fingerprint density at radius 3 is 2.90 bits per heavy atom. The average molecular weight is 407 g/mol. The van der Waals surface area contributed by atoms with E-state index in [9.17, 15) is 4.79 Å². The molecule has 0 fully saturated rings. The first-order valence-corrected chi connectivity index (χ1v) is 9.46. The molecule has 0 aliphatic heterocycles. The highest BCUT2D eigenvalue weighted by Gasteiger charge is 2.11. The topological polar surface area (TPSA) is 95.6 Å². The van der Waals surface area contributed by atoms with E-state index < -0.39 is 0 Å². The third-order valence-electron chi connectivity index (χ3n) is 4.55. The normalized spacial score (nSPS) is 12.0. The fraction of sp³-hybridized carbons (Fsp3) is 0.143. The molecular formula is C21H19ClN6O. The van der Waals surface area contributed by atoms with Crippen LogP contribution in [0.2, 0.25) is 5.02 Å². The van der Waals surface area contributed by atoms with E-state index in [0.717, 1.165) is 22.3 Å². The zero-order chi connectivity index (χ0) is 20.4. The molecule has 1 atom stereocenters. The van der Waals surface area contributed by atoms with Gasteiger partial charge in [0.05, 0.1) is 22.8 Å². The van der Waals surface area contributed by atoms with Crippen molar-refractivity contribution < 1.29 is 4.79 Å². The molecule has 3 N–H and O–H groups in total. The number of carbonyl (C=O) groups is 1. The van der Waals surface area contributed by atoms with Gasteiger partial charge >= 0.3 is 0 Å². The van der Waals surface area contributed by atoms with Gasteiger partial charge < -0.3 is 15.6 Å². The molecule has 146 valence electrons. The molecule has 7 nitrogen and oxygen atoms in total. The minimum atomic E-state index is -0.267. The van der Waals surface area contributed by atoms with Gasteiger partial charge in [0.15, 0.2) is 5.65 Å². The van der Waals surface area contributed by atoms with Crippen LogP contribution >= 0.6 is 11.6 Å². The van der Waals surface area contributed by atoms with Crippen LogP contribution in [0.3, 0.4) is 0 Å². The van der Waals surface area contributed by atoms with Crippen LogP contribution < -0.4 is 10.6 Å². The van der Waals surface area contributed by atoms with Crippen molar-refractivity contribution in [3.8, 4) is 0 Å². The Morgan fingerprint density at radius 1 is 1.21 bits per heavy atom. The summed E-state index contributed by atoms with van der Waals surface area (Å²) >= 11 is 5.91. The molecule has 3 aromatic heterocycles. The lowest BCUT2D eigenvalue weighted by Crippen LogP contribution is -2.13. The highest BCUT2D eigenvalue weighted by molar-refractivity contribution is 6.30. The molecule has 0 aliphatic rings. The second kappa shape index (κ2) is 7.89. The van der Waals surface area contributed by atoms with Crippen molar-refractivity contribution in [2.75, 3.05) is 10.6 Å². The first-order valence-electron chi connectivity index (χ1n) is 9.09. The van der Waals surface area contributed by atoms with E-state index in [2.05, 4.69) is 30.6 Å². The molecule has 0 unspecified atom stereocenters. The maximum atomic E-state index is 12.4. The lowest BCUT2D eigenvalue weighted by Gasteiger charge is -2.16. The number of aromatic nitrogens is 4. The summed E-state index contributed by atoms with van der Waals surface area (Å²) in [7, 11) is 0. The standard InChI is InChI=1S/C21H19ClN6O/c1-12-8-24-20-19(12)28-18(11-25-20)26-13(2)14-4-3-5-17(7-14)27-21(29)15-6-16(22)10-23-9-15/h3-11,13H,1-2H3,(H,24,25)(H,26,28)(H,27,29)/t13-/m0/s1. The average Bonchev–Trinajstić information content (AvgIpc) is 3.08. The molecule has 8 heteroatoms. The van der Waals surface area contributed by atoms with Crippen molar-refractivity contribution in [1.82, 2.24) is 19.9 Å². The third kappa shape index (κ3) is 4.20. The van der Waals surface area contributed by atoms with Gasteiger partial charge in [-0.25, -0.2) is 9.97 Å². The van der Waals surface area contributed by atoms with Gasteiger partial charge in [0.25, 0.3) is 5.91 Å². The molecule has 1 amide bonds. The number of nitrogens with zero attached hydrogens (tertiary/aromatic N) is 3. The molecule has 0 spiro atoms. The largest absolute Gasteiger partial charge is 0.362 e. The van der Waals surface area contributed by atoms with Crippen LogP contribution in [-0.2, 0) is 0 Å².